The Kier molecular flexibility index (Phi) is 12.6. The van der Waals surface area contributed by atoms with Crippen LogP contribution in [0.3, 0.4) is 0 Å². The van der Waals surface area contributed by atoms with Crippen LogP contribution in [0.25, 0.3) is 0 Å². The molecule has 0 rings (SSSR count). The van der Waals surface area contributed by atoms with Crippen LogP contribution in [0.4, 0.5) is 0 Å². The summed E-state index contributed by atoms with van der Waals surface area (Å²) in [6.45, 7) is 16.0. The molecule has 2 amide bonds. The Hall–Kier alpha value is -2.36. The Balaban J connectivity index is -0.0000000346. The predicted octanol–water partition coefficient (Wildman–Crippen LogP) is 9.88. The number of hydrogen-bond donors (Lipinski definition) is 2. The van der Waals surface area contributed by atoms with E-state index in [1.54, 1.807) is 6.08 Å². The Bertz CT molecular complexity index is 680. The van der Waals surface area contributed by atoms with Gasteiger partial charge in [-0.25, -0.2) is 0 Å². The smallest absolute Gasteiger partial charge is 0.243 e. The molecule has 0 aromatic rings. The monoisotopic (exact) mass is 506 g/mol. The molecular weight excluding hydrogens is 408 g/mol. The summed E-state index contributed by atoms with van der Waals surface area (Å²) in [4.78, 5) is 22.8. The minimum absolute atomic E-state index is 0. The first-order valence-electron chi connectivity index (χ1n) is 23.5. The standard InChI is InChI=1S/C15H27NO.C14H23NO.12H2/c1-5-6-7-8-9-10-14(4)11-15(17)16-12-13(2)3;1-4-5-6-7-8-9-10-11-14(16)15-12-13(2)3;;;;;;;;;;;;/h5-8,13-14H,9-12H2,1-4H3,(H,16,17);4-7,10-11,13H,8-9,12H2,1-3H3,(H,15,16);12*1H/b6-5+,8-7-;5-4+,7-6-,11-10+;;;;;;;;;;;;/i;;11*1+1D;1+1. The minimum atomic E-state index is 0. The number of allylic oxidation sites excluding steroid dienone is 9. The van der Waals surface area contributed by atoms with Crippen LogP contribution in [0.2, 0.25) is 0 Å². The molecule has 2 N–H and O–H groups in total. The maximum absolute atomic E-state index is 11.6. The van der Waals surface area contributed by atoms with Gasteiger partial charge in [-0.2, -0.15) is 0 Å². The van der Waals surface area contributed by atoms with Crippen molar-refractivity contribution >= 4 is 11.8 Å². The fourth-order valence-corrected chi connectivity index (χ4v) is 2.51. The molecule has 0 aliphatic carbocycles. The molecule has 0 aliphatic rings. The van der Waals surface area contributed by atoms with E-state index in [2.05, 4.69) is 63.5 Å². The van der Waals surface area contributed by atoms with E-state index in [9.17, 15) is 9.59 Å². The van der Waals surface area contributed by atoms with Gasteiger partial charge in [-0.05, 0) is 63.4 Å². The lowest BCUT2D eigenvalue weighted by Gasteiger charge is -2.11. The van der Waals surface area contributed by atoms with Gasteiger partial charge < -0.3 is 10.6 Å². The van der Waals surface area contributed by atoms with Crippen molar-refractivity contribution in [2.45, 2.75) is 80.6 Å². The van der Waals surface area contributed by atoms with Gasteiger partial charge in [-0.1, -0.05) is 89.3 Å². The first kappa shape index (κ1) is 17.1. The molecule has 0 fully saturated rings. The highest BCUT2D eigenvalue weighted by atomic mass is 16.2. The Morgan fingerprint density at radius 2 is 1.27 bits per heavy atom. The van der Waals surface area contributed by atoms with Crippen molar-refractivity contribution in [3.63, 3.8) is 0 Å². The summed E-state index contributed by atoms with van der Waals surface area (Å²) in [5.74, 6) is 1.67. The number of hydrogen-bond acceptors (Lipinski definition) is 2. The molecule has 33 heavy (non-hydrogen) atoms. The van der Waals surface area contributed by atoms with Gasteiger partial charge in [0.25, 0.3) is 0 Å². The fraction of sp³-hybridized carbons (Fsp3) is 0.586. The van der Waals surface area contributed by atoms with Crippen LogP contribution in [0.5, 0.6) is 0 Å². The average molecular weight is 506 g/mol. The topological polar surface area (TPSA) is 58.2 Å². The van der Waals surface area contributed by atoms with Crippen molar-refractivity contribution < 1.29 is 43.7 Å². The predicted molar refractivity (Wildman–Crippen MR) is 170 cm³/mol. The summed E-state index contributed by atoms with van der Waals surface area (Å²) in [6, 6.07) is 0. The molecule has 0 radical (unpaired) electrons. The summed E-state index contributed by atoms with van der Waals surface area (Å²) >= 11 is 0. The van der Waals surface area contributed by atoms with Gasteiger partial charge in [0.1, 0.15) is 0 Å². The fourth-order valence-electron chi connectivity index (χ4n) is 2.51. The molecular formula is C29H74N2O2. The van der Waals surface area contributed by atoms with Crippen molar-refractivity contribution in [3.8, 4) is 0 Å². The Morgan fingerprint density at radius 1 is 0.758 bits per heavy atom. The number of carbonyl (C=O) groups is 2. The second-order valence-corrected chi connectivity index (χ2v) is 9.11. The van der Waals surface area contributed by atoms with E-state index in [4.69, 9.17) is 32.7 Å². The zero-order chi connectivity index (χ0) is 47.3. The zero-order valence-corrected chi connectivity index (χ0v) is 22.3. The lowest BCUT2D eigenvalue weighted by Crippen LogP contribution is -2.28. The maximum Gasteiger partial charge on any atom is 0.243 e. The molecule has 0 saturated heterocycles. The molecule has 4 heteroatoms. The number of nitrogens with one attached hydrogen (secondary N) is 2. The van der Waals surface area contributed by atoms with Crippen molar-refractivity contribution in [2.24, 2.45) is 17.8 Å². The normalized spacial score (nSPS) is 15.7. The zero-order valence-electron chi connectivity index (χ0n) is 44.3. The van der Waals surface area contributed by atoms with E-state index in [1.807, 2.05) is 50.3 Å². The molecule has 212 valence electrons. The molecule has 0 bridgehead atoms. The highest BCUT2D eigenvalue weighted by Gasteiger charge is 2.08. The second-order valence-electron chi connectivity index (χ2n) is 9.11. The van der Waals surface area contributed by atoms with E-state index in [1.165, 1.54) is 0 Å². The summed E-state index contributed by atoms with van der Waals surface area (Å²) in [6.07, 6.45) is 24.5. The van der Waals surface area contributed by atoms with E-state index < -0.39 is 0 Å². The Morgan fingerprint density at radius 3 is 1.82 bits per heavy atom. The van der Waals surface area contributed by atoms with Crippen molar-refractivity contribution in [1.29, 1.82) is 0 Å². The van der Waals surface area contributed by atoms with Gasteiger partial charge in [0, 0.05) is 53.6 Å². The minimum Gasteiger partial charge on any atom is -0.356 e. The highest BCUT2D eigenvalue weighted by Crippen LogP contribution is 2.10. The van der Waals surface area contributed by atoms with E-state index in [0.717, 1.165) is 38.8 Å². The third-order valence-electron chi connectivity index (χ3n) is 4.40. The van der Waals surface area contributed by atoms with Gasteiger partial charge in [0.2, 0.25) is 11.8 Å². The Labute approximate surface area is 239 Å². The van der Waals surface area contributed by atoms with Crippen molar-refractivity contribution in [2.75, 3.05) is 13.1 Å². The number of carbonyl (C=O) groups excluding carboxylic acids is 2. The summed E-state index contributed by atoms with van der Waals surface area (Å²) < 4.78 is 110. The van der Waals surface area contributed by atoms with E-state index >= 15 is 0 Å². The lowest BCUT2D eigenvalue weighted by atomic mass is 10.0. The molecule has 4 nitrogen and oxygen atoms in total. The maximum atomic E-state index is 11.6. The van der Waals surface area contributed by atoms with Crippen LogP contribution in [0.1, 0.15) is 115 Å². The van der Waals surface area contributed by atoms with Crippen molar-refractivity contribution in [3.05, 3.63) is 60.8 Å². The molecule has 1 unspecified atom stereocenters. The highest BCUT2D eigenvalue weighted by molar-refractivity contribution is 5.87. The van der Waals surface area contributed by atoms with Crippen LogP contribution in [-0.2, 0) is 9.59 Å². The first-order valence-corrected chi connectivity index (χ1v) is 12.5. The first-order chi connectivity index (χ1) is 26.7. The van der Waals surface area contributed by atoms with Gasteiger partial charge in [0.15, 0.2) is 0 Å². The third-order valence-corrected chi connectivity index (χ3v) is 4.40. The number of rotatable bonds is 15. The average Bonchev–Trinajstić information content (AvgIpc) is 3.27. The molecule has 0 aliphatic heterocycles. The SMILES string of the molecule is C/C=C/C=C\CC/C=C/C(=O)NCC(C)C.C/C=C/C=C\CCC(C)CC(=O)NCC(C)C.[2HH].[2H][2H].[2H][2H].[2H][2H].[2H][2H].[2H][2H].[2H][2H].[2H][2H].[2H][2H].[2H][2H].[2H][2H].[2H][2H]. The van der Waals surface area contributed by atoms with Gasteiger partial charge in [-0.3, -0.25) is 9.59 Å². The van der Waals surface area contributed by atoms with Gasteiger partial charge >= 0.3 is 0 Å². The number of unbranched alkanes of at least 4 members (excludes halogenated alkanes) is 1. The number of amides is 2. The van der Waals surface area contributed by atoms with Crippen molar-refractivity contribution in [1.82, 2.24) is 10.6 Å². The van der Waals surface area contributed by atoms with Gasteiger partial charge in [-0.15, -0.1) is 0 Å². The molecule has 0 aromatic carbocycles. The quantitative estimate of drug-likeness (QED) is 0.132. The molecule has 0 heterocycles. The van der Waals surface area contributed by atoms with Crippen LogP contribution < -0.4 is 10.6 Å². The largest absolute Gasteiger partial charge is 0.356 e. The second kappa shape index (κ2) is 24.3. The third kappa shape index (κ3) is 29.6. The molecule has 1 atom stereocenters. The summed E-state index contributed by atoms with van der Waals surface area (Å²) in [5.41, 5.74) is 0. The van der Waals surface area contributed by atoms with E-state index in [-0.39, 0.29) is 13.2 Å². The van der Waals surface area contributed by atoms with E-state index in [0.29, 0.717) is 24.2 Å². The van der Waals surface area contributed by atoms with Gasteiger partial charge in [0.05, 0.1) is 0 Å². The molecule has 0 saturated carbocycles. The summed E-state index contributed by atoms with van der Waals surface area (Å²) in [5, 5.41) is 5.79. The van der Waals surface area contributed by atoms with Crippen LogP contribution in [0.15, 0.2) is 60.8 Å². The lowest BCUT2D eigenvalue weighted by molar-refractivity contribution is -0.122. The van der Waals surface area contributed by atoms with Crippen LogP contribution in [-0.4, -0.2) is 24.9 Å². The summed E-state index contributed by atoms with van der Waals surface area (Å²) in [7, 11) is 0. The molecule has 0 spiro atoms. The molecule has 0 aromatic heterocycles. The van der Waals surface area contributed by atoms with Crippen LogP contribution in [0, 0.1) is 17.8 Å². The van der Waals surface area contributed by atoms with Crippen LogP contribution >= 0.6 is 0 Å².